The zero-order chi connectivity index (χ0) is 52.8. The monoisotopic (exact) mass is 1000 g/mol. The number of fused-ring (bicyclic) bond motifs is 13. The molecule has 396 valence electrons. The minimum Gasteiger partial charge on any atom is -0.507 e. The molecule has 72 heavy (non-hydrogen) atoms. The predicted molar refractivity (Wildman–Crippen MR) is 277 cm³/mol. The van der Waals surface area contributed by atoms with Crippen LogP contribution in [0, 0.1) is 36.5 Å². The summed E-state index contributed by atoms with van der Waals surface area (Å²) in [6, 6.07) is 0. The van der Waals surface area contributed by atoms with Crippen LogP contribution in [0.15, 0.2) is 58.0 Å². The number of benzene rings is 2. The number of nitrogens with zero attached hydrogens (tertiary/aromatic N) is 4. The number of ether oxygens (including phenoxy) is 4. The summed E-state index contributed by atoms with van der Waals surface area (Å²) in [6.07, 6.45) is 14.4. The Morgan fingerprint density at radius 3 is 2.36 bits per heavy atom. The number of Topliss-reactive ketones (excluding diaryl/α,β-unsaturated/α-hetero) is 1. The van der Waals surface area contributed by atoms with E-state index in [-0.39, 0.29) is 80.4 Å². The average Bonchev–Trinajstić information content (AvgIpc) is 3.84. The number of amides is 1. The fourth-order valence-electron chi connectivity index (χ4n) is 10.8. The molecule has 1 saturated carbocycles. The second-order valence-electron chi connectivity index (χ2n) is 21.0. The second-order valence-corrected chi connectivity index (χ2v) is 21.0. The molecule has 1 amide bonds. The number of hydrogen-bond donors (Lipinski definition) is 6. The second kappa shape index (κ2) is 23.6. The number of nitrogens with one attached hydrogen (secondary N) is 1. The predicted octanol–water partition coefficient (Wildman–Crippen LogP) is 7.10. The number of phenolic OH excluding ortho intramolecular Hbond substituents is 2. The highest BCUT2D eigenvalue weighted by Gasteiger charge is 2.50. The molecular weight excluding hydrogens is 919 g/mol. The summed E-state index contributed by atoms with van der Waals surface area (Å²) in [5.74, 6) is 1.46. The number of ketones is 1. The van der Waals surface area contributed by atoms with Crippen molar-refractivity contribution in [2.45, 2.75) is 157 Å². The van der Waals surface area contributed by atoms with Crippen LogP contribution in [0.25, 0.3) is 10.8 Å². The van der Waals surface area contributed by atoms with E-state index in [9.17, 15) is 29.7 Å². The maximum atomic E-state index is 14.9. The van der Waals surface area contributed by atoms with E-state index in [0.717, 1.165) is 45.3 Å². The fraction of sp³-hybridized carbons (Fsp3) is 0.618. The quantitative estimate of drug-likeness (QED) is 0.0669. The van der Waals surface area contributed by atoms with Crippen molar-refractivity contribution >= 4 is 34.1 Å². The molecule has 5 heterocycles. The number of anilines is 1. The van der Waals surface area contributed by atoms with Crippen molar-refractivity contribution in [2.24, 2.45) is 51.2 Å². The molecule has 1 spiro atoms. The number of aliphatic hydroxyl groups is 1. The SMILES string of the molecule is CC.CO[C@H]1/C=C/OC2(C)Oc3c(C)c(O)c4c(O)c(c5c(c4c3C2=O)NC2(CCN(CC(C)C)CC2)N=5)=NC(=O)/C(C)=C\C=C\C(C)C[C@@H](C)[C@@H](O)[C@@H](C)C(OC(=O)CN(N)/C=C(\N)C2CCCCC2)C1. The van der Waals surface area contributed by atoms with Gasteiger partial charge < -0.3 is 55.2 Å². The topological polar surface area (TPSA) is 244 Å². The van der Waals surface area contributed by atoms with Gasteiger partial charge in [0, 0.05) is 87.3 Å². The van der Waals surface area contributed by atoms with Crippen molar-refractivity contribution in [3.63, 3.8) is 0 Å². The van der Waals surface area contributed by atoms with E-state index in [1.165, 1.54) is 31.7 Å². The first-order valence-electron chi connectivity index (χ1n) is 26.1. The van der Waals surface area contributed by atoms with Gasteiger partial charge >= 0.3 is 11.8 Å². The minimum atomic E-state index is -1.96. The van der Waals surface area contributed by atoms with E-state index in [1.807, 2.05) is 40.7 Å². The summed E-state index contributed by atoms with van der Waals surface area (Å²) in [4.78, 5) is 54.5. The highest BCUT2D eigenvalue weighted by Crippen LogP contribution is 2.51. The molecule has 2 aromatic rings. The molecule has 8 rings (SSSR count). The van der Waals surface area contributed by atoms with E-state index in [1.54, 1.807) is 38.3 Å². The number of nitrogens with two attached hydrogens (primary N) is 2. The van der Waals surface area contributed by atoms with E-state index in [2.05, 4.69) is 29.1 Å². The van der Waals surface area contributed by atoms with Gasteiger partial charge in [-0.1, -0.05) is 86.0 Å². The first-order chi connectivity index (χ1) is 34.2. The molecule has 2 aromatic carbocycles. The summed E-state index contributed by atoms with van der Waals surface area (Å²) >= 11 is 0. The van der Waals surface area contributed by atoms with Crippen LogP contribution in [-0.4, -0.2) is 106 Å². The summed E-state index contributed by atoms with van der Waals surface area (Å²) in [7, 11) is 1.49. The molecule has 7 atom stereocenters. The Labute approximate surface area is 425 Å². The molecule has 1 saturated heterocycles. The lowest BCUT2D eigenvalue weighted by atomic mass is 9.83. The van der Waals surface area contributed by atoms with Crippen molar-refractivity contribution in [3.8, 4) is 17.2 Å². The largest absolute Gasteiger partial charge is 0.507 e. The first-order valence-corrected chi connectivity index (χ1v) is 26.1. The zero-order valence-electron chi connectivity index (χ0n) is 44.4. The maximum absolute atomic E-state index is 14.9. The number of carbonyl (C=O) groups is 3. The third-order valence-electron chi connectivity index (χ3n) is 14.9. The van der Waals surface area contributed by atoms with Crippen molar-refractivity contribution in [2.75, 3.05) is 38.6 Å². The van der Waals surface area contributed by atoms with Crippen LogP contribution < -0.4 is 32.3 Å². The van der Waals surface area contributed by atoms with E-state index in [4.69, 9.17) is 35.5 Å². The van der Waals surface area contributed by atoms with Gasteiger partial charge in [0.05, 0.1) is 35.1 Å². The van der Waals surface area contributed by atoms with Gasteiger partial charge in [-0.3, -0.25) is 19.4 Å². The Hall–Kier alpha value is -5.49. The van der Waals surface area contributed by atoms with Gasteiger partial charge in [0.1, 0.15) is 40.5 Å². The summed E-state index contributed by atoms with van der Waals surface area (Å²) in [5, 5.41) is 40.9. The van der Waals surface area contributed by atoms with Gasteiger partial charge in [-0.05, 0) is 62.9 Å². The van der Waals surface area contributed by atoms with Crippen LogP contribution in [-0.2, 0) is 23.8 Å². The molecule has 0 aromatic heterocycles. The van der Waals surface area contributed by atoms with Crippen LogP contribution in [0.2, 0.25) is 0 Å². The van der Waals surface area contributed by atoms with Crippen LogP contribution in [0.3, 0.4) is 0 Å². The van der Waals surface area contributed by atoms with Gasteiger partial charge in [-0.15, -0.1) is 0 Å². The number of hydrogen-bond acceptors (Lipinski definition) is 16. The first kappa shape index (κ1) is 55.8. The smallest absolute Gasteiger partial charge is 0.327 e. The summed E-state index contributed by atoms with van der Waals surface area (Å²) in [6.45, 7) is 20.9. The molecule has 0 radical (unpaired) electrons. The van der Waals surface area contributed by atoms with E-state index < -0.39 is 59.1 Å². The number of phenols is 2. The Bertz CT molecular complexity index is 2580. The van der Waals surface area contributed by atoms with E-state index in [0.29, 0.717) is 36.6 Å². The number of hydrazine groups is 1. The lowest BCUT2D eigenvalue weighted by molar-refractivity contribution is -0.157. The number of carbonyl (C=O) groups excluding carboxylic acids is 3. The number of methoxy groups -OCH3 is 1. The number of likely N-dealkylation sites (tertiary alicyclic amines) is 1. The maximum Gasteiger partial charge on any atom is 0.327 e. The molecule has 6 aliphatic rings. The molecule has 17 nitrogen and oxygen atoms in total. The molecule has 2 fully saturated rings. The summed E-state index contributed by atoms with van der Waals surface area (Å²) < 4.78 is 24.5. The standard InChI is InChI=1S/C53H75N7O10.C2H6/c1-29(2)26-59-21-19-53(20-22-59)57-43-40-41-47(63)34(7)49-42(40)50(65)52(8,70-49)68-23-18-36(67-9)25-38(69-39(61)28-60(55)27-37(54)35-16-11-10-12-17-35)33(6)46(62)32(5)24-30(3)14-13-15-31(4)51(66)56-45(48(41)64)44(43)58-53;1-2/h13-15,18,23,27,29-30,32-33,35-36,38,46,57,62-64H,10-12,16-17,19-22,24-26,28,54-55H2,1-9H3;1-2H3/b14-13+,23-18+,31-15-,37-27-,56-45?;/t30?,32-,33+,36+,38?,46-,52?;/m1./s1. The van der Waals surface area contributed by atoms with Gasteiger partial charge in [-0.2, -0.15) is 0 Å². The van der Waals surface area contributed by atoms with Crippen LogP contribution in [0.1, 0.15) is 136 Å². The number of rotatable bonds is 8. The molecule has 17 heteroatoms. The summed E-state index contributed by atoms with van der Waals surface area (Å²) in [5.41, 5.74) is 7.03. The fourth-order valence-corrected chi connectivity index (χ4v) is 10.8. The van der Waals surface area contributed by atoms with Gasteiger partial charge in [-0.25, -0.2) is 10.8 Å². The van der Waals surface area contributed by atoms with Crippen LogP contribution in [0.4, 0.5) is 5.69 Å². The molecule has 5 bridgehead atoms. The molecule has 3 unspecified atom stereocenters. The normalized spacial score (nSPS) is 28.9. The highest BCUT2D eigenvalue weighted by molar-refractivity contribution is 6.21. The van der Waals surface area contributed by atoms with Crippen molar-refractivity contribution in [1.82, 2.24) is 9.91 Å². The number of piperidine rings is 1. The molecule has 8 N–H and O–H groups in total. The Morgan fingerprint density at radius 1 is 1.03 bits per heavy atom. The molecule has 1 aliphatic carbocycles. The third kappa shape index (κ3) is 12.1. The highest BCUT2D eigenvalue weighted by atomic mass is 16.7. The molecular formula is C55H81N7O10. The van der Waals surface area contributed by atoms with Crippen LogP contribution >= 0.6 is 0 Å². The van der Waals surface area contributed by atoms with Crippen molar-refractivity contribution < 1.29 is 48.7 Å². The zero-order valence-corrected chi connectivity index (χ0v) is 44.4. The number of aliphatic hydroxyl groups excluding tert-OH is 1. The van der Waals surface area contributed by atoms with Crippen molar-refractivity contribution in [3.05, 3.63) is 69.9 Å². The minimum absolute atomic E-state index is 0.0432. The Morgan fingerprint density at radius 2 is 1.71 bits per heavy atom. The number of aromatic hydroxyl groups is 2. The Kier molecular flexibility index (Phi) is 18.3. The lowest BCUT2D eigenvalue weighted by Gasteiger charge is -2.38. The lowest BCUT2D eigenvalue weighted by Crippen LogP contribution is -2.47. The van der Waals surface area contributed by atoms with Gasteiger partial charge in [0.25, 0.3) is 11.7 Å². The Balaban J connectivity index is 0.00000418. The average molecular weight is 1000 g/mol. The van der Waals surface area contributed by atoms with Crippen LogP contribution in [0.5, 0.6) is 17.2 Å². The molecule has 5 aliphatic heterocycles. The number of allylic oxidation sites excluding steroid dienone is 4. The van der Waals surface area contributed by atoms with Gasteiger partial charge in [0.2, 0.25) is 0 Å². The van der Waals surface area contributed by atoms with Gasteiger partial charge in [0.15, 0.2) is 5.75 Å². The third-order valence-corrected chi connectivity index (χ3v) is 14.9. The number of esters is 1. The van der Waals surface area contributed by atoms with E-state index >= 15 is 0 Å². The van der Waals surface area contributed by atoms with Crippen molar-refractivity contribution in [1.29, 1.82) is 0 Å².